The zero-order valence-electron chi connectivity index (χ0n) is 9.56. The van der Waals surface area contributed by atoms with Crippen LogP contribution in [0.15, 0.2) is 22.7 Å². The lowest BCUT2D eigenvalue weighted by Gasteiger charge is -2.24. The molecule has 0 aliphatic rings. The van der Waals surface area contributed by atoms with Crippen molar-refractivity contribution in [3.8, 4) is 0 Å². The number of aliphatic hydroxyl groups is 1. The van der Waals surface area contributed by atoms with Crippen LogP contribution in [0.3, 0.4) is 0 Å². The molecular formula is C12H17BrFNO. The summed E-state index contributed by atoms with van der Waals surface area (Å²) in [6.07, 6.45) is 0.480. The van der Waals surface area contributed by atoms with Crippen LogP contribution < -0.4 is 5.32 Å². The molecule has 2 N–H and O–H groups in total. The molecule has 16 heavy (non-hydrogen) atoms. The molecule has 0 aliphatic carbocycles. The molecule has 1 aromatic rings. The molecule has 0 spiro atoms. The van der Waals surface area contributed by atoms with Crippen LogP contribution in [-0.2, 0) is 5.60 Å². The molecule has 4 heteroatoms. The minimum absolute atomic E-state index is 0.333. The molecule has 90 valence electrons. The highest BCUT2D eigenvalue weighted by molar-refractivity contribution is 9.10. The Morgan fingerprint density at radius 3 is 2.81 bits per heavy atom. The second-order valence-corrected chi connectivity index (χ2v) is 4.83. The lowest BCUT2D eigenvalue weighted by Crippen LogP contribution is -2.28. The van der Waals surface area contributed by atoms with Gasteiger partial charge in [-0.1, -0.05) is 19.1 Å². The van der Waals surface area contributed by atoms with Crippen LogP contribution in [0, 0.1) is 5.82 Å². The Hall–Kier alpha value is -0.450. The Morgan fingerprint density at radius 1 is 1.50 bits per heavy atom. The van der Waals surface area contributed by atoms with E-state index in [0.29, 0.717) is 23.0 Å². The van der Waals surface area contributed by atoms with E-state index in [4.69, 9.17) is 0 Å². The monoisotopic (exact) mass is 289 g/mol. The summed E-state index contributed by atoms with van der Waals surface area (Å²) in [5.74, 6) is -0.385. The van der Waals surface area contributed by atoms with Gasteiger partial charge < -0.3 is 10.4 Å². The van der Waals surface area contributed by atoms with Gasteiger partial charge in [-0.15, -0.1) is 0 Å². The number of rotatable bonds is 5. The lowest BCUT2D eigenvalue weighted by atomic mass is 9.92. The first-order valence-electron chi connectivity index (χ1n) is 5.36. The van der Waals surface area contributed by atoms with Gasteiger partial charge in [-0.2, -0.15) is 0 Å². The zero-order chi connectivity index (χ0) is 12.2. The van der Waals surface area contributed by atoms with Gasteiger partial charge in [0.1, 0.15) is 5.82 Å². The van der Waals surface area contributed by atoms with Crippen molar-refractivity contribution in [1.29, 1.82) is 0 Å². The molecule has 0 bridgehead atoms. The first-order valence-corrected chi connectivity index (χ1v) is 6.16. The van der Waals surface area contributed by atoms with Crippen LogP contribution in [-0.4, -0.2) is 18.2 Å². The second-order valence-electron chi connectivity index (χ2n) is 3.98. The summed E-state index contributed by atoms with van der Waals surface area (Å²) in [5, 5.41) is 13.3. The van der Waals surface area contributed by atoms with Gasteiger partial charge in [-0.25, -0.2) is 4.39 Å². The Bertz CT molecular complexity index is 355. The second kappa shape index (κ2) is 5.75. The average Bonchev–Trinajstić information content (AvgIpc) is 2.22. The molecular weight excluding hydrogens is 273 g/mol. The van der Waals surface area contributed by atoms with Crippen LogP contribution in [0.1, 0.15) is 25.8 Å². The van der Waals surface area contributed by atoms with E-state index < -0.39 is 5.60 Å². The van der Waals surface area contributed by atoms with Crippen LogP contribution in [0.5, 0.6) is 0 Å². The molecule has 1 aromatic carbocycles. The smallest absolute Gasteiger partial charge is 0.143 e. The maximum absolute atomic E-state index is 13.8. The molecule has 1 unspecified atom stereocenters. The van der Waals surface area contributed by atoms with E-state index >= 15 is 0 Å². The van der Waals surface area contributed by atoms with Gasteiger partial charge in [0.15, 0.2) is 0 Å². The van der Waals surface area contributed by atoms with Gasteiger partial charge in [0.25, 0.3) is 0 Å². The number of nitrogens with one attached hydrogen (secondary N) is 1. The fourth-order valence-corrected chi connectivity index (χ4v) is 1.93. The maximum Gasteiger partial charge on any atom is 0.143 e. The highest BCUT2D eigenvalue weighted by Gasteiger charge is 2.26. The van der Waals surface area contributed by atoms with E-state index in [1.807, 2.05) is 6.92 Å². The normalized spacial score (nSPS) is 14.8. The number of halogens is 2. The highest BCUT2D eigenvalue weighted by atomic mass is 79.9. The Labute approximate surface area is 104 Å². The predicted octanol–water partition coefficient (Wildman–Crippen LogP) is 2.80. The number of hydrogen-bond donors (Lipinski definition) is 2. The van der Waals surface area contributed by atoms with E-state index in [-0.39, 0.29) is 5.82 Å². The fraction of sp³-hybridized carbons (Fsp3) is 0.500. The summed E-state index contributed by atoms with van der Waals surface area (Å²) in [6.45, 7) is 5.14. The largest absolute Gasteiger partial charge is 0.385 e. The first kappa shape index (κ1) is 13.6. The van der Waals surface area contributed by atoms with Crippen LogP contribution >= 0.6 is 15.9 Å². The van der Waals surface area contributed by atoms with Crippen molar-refractivity contribution in [3.63, 3.8) is 0 Å². The van der Waals surface area contributed by atoms with Crippen molar-refractivity contribution in [2.24, 2.45) is 0 Å². The summed E-state index contributed by atoms with van der Waals surface area (Å²) in [7, 11) is 0. The van der Waals surface area contributed by atoms with Gasteiger partial charge in [0, 0.05) is 5.56 Å². The Kier molecular flexibility index (Phi) is 4.89. The van der Waals surface area contributed by atoms with Crippen molar-refractivity contribution >= 4 is 15.9 Å². The zero-order valence-corrected chi connectivity index (χ0v) is 11.1. The minimum Gasteiger partial charge on any atom is -0.385 e. The lowest BCUT2D eigenvalue weighted by molar-refractivity contribution is 0.0444. The first-order chi connectivity index (χ1) is 7.49. The van der Waals surface area contributed by atoms with Gasteiger partial charge in [0.05, 0.1) is 10.1 Å². The fourth-order valence-electron chi connectivity index (χ4n) is 1.56. The molecule has 1 rings (SSSR count). The minimum atomic E-state index is -1.14. The molecule has 0 saturated heterocycles. The summed E-state index contributed by atoms with van der Waals surface area (Å²) < 4.78 is 14.2. The van der Waals surface area contributed by atoms with Crippen molar-refractivity contribution in [3.05, 3.63) is 34.1 Å². The van der Waals surface area contributed by atoms with Crippen molar-refractivity contribution in [1.82, 2.24) is 5.32 Å². The van der Waals surface area contributed by atoms with E-state index in [1.54, 1.807) is 25.1 Å². The molecule has 0 amide bonds. The van der Waals surface area contributed by atoms with Crippen molar-refractivity contribution < 1.29 is 9.50 Å². The summed E-state index contributed by atoms with van der Waals surface area (Å²) in [6, 6.07) is 4.97. The van der Waals surface area contributed by atoms with Crippen molar-refractivity contribution in [2.45, 2.75) is 25.9 Å². The van der Waals surface area contributed by atoms with Gasteiger partial charge >= 0.3 is 0 Å². The SMILES string of the molecule is CCNCCC(C)(O)c1cccc(Br)c1F. The van der Waals surface area contributed by atoms with Gasteiger partial charge in [-0.3, -0.25) is 0 Å². The standard InChI is InChI=1S/C12H17BrFNO/c1-3-15-8-7-12(2,16)9-5-4-6-10(13)11(9)14/h4-6,15-16H,3,7-8H2,1-2H3. The molecule has 0 saturated carbocycles. The summed E-state index contributed by atoms with van der Waals surface area (Å²) >= 11 is 3.12. The topological polar surface area (TPSA) is 32.3 Å². The molecule has 2 nitrogen and oxygen atoms in total. The maximum atomic E-state index is 13.8. The van der Waals surface area contributed by atoms with E-state index in [9.17, 15) is 9.50 Å². The quantitative estimate of drug-likeness (QED) is 0.817. The third-order valence-electron chi connectivity index (χ3n) is 2.57. The molecule has 0 fully saturated rings. The molecule has 1 atom stereocenters. The van der Waals surface area contributed by atoms with Crippen LogP contribution in [0.2, 0.25) is 0 Å². The summed E-state index contributed by atoms with van der Waals surface area (Å²) in [5.41, 5.74) is -0.810. The van der Waals surface area contributed by atoms with E-state index in [1.165, 1.54) is 0 Å². The third kappa shape index (κ3) is 3.27. The van der Waals surface area contributed by atoms with Crippen LogP contribution in [0.4, 0.5) is 4.39 Å². The van der Waals surface area contributed by atoms with E-state index in [0.717, 1.165) is 6.54 Å². The van der Waals surface area contributed by atoms with Crippen molar-refractivity contribution in [2.75, 3.05) is 13.1 Å². The molecule has 0 aromatic heterocycles. The average molecular weight is 290 g/mol. The predicted molar refractivity (Wildman–Crippen MR) is 66.8 cm³/mol. The van der Waals surface area contributed by atoms with Gasteiger partial charge in [-0.05, 0) is 48.4 Å². The molecule has 0 aliphatic heterocycles. The molecule has 0 radical (unpaired) electrons. The highest BCUT2D eigenvalue weighted by Crippen LogP contribution is 2.30. The molecule has 0 heterocycles. The summed E-state index contributed by atoms with van der Waals surface area (Å²) in [4.78, 5) is 0. The van der Waals surface area contributed by atoms with E-state index in [2.05, 4.69) is 21.2 Å². The number of benzene rings is 1. The number of hydrogen-bond acceptors (Lipinski definition) is 2. The Balaban J connectivity index is 2.84. The third-order valence-corrected chi connectivity index (χ3v) is 3.18. The van der Waals surface area contributed by atoms with Crippen LogP contribution in [0.25, 0.3) is 0 Å². The Morgan fingerprint density at radius 2 is 2.19 bits per heavy atom. The van der Waals surface area contributed by atoms with Gasteiger partial charge in [0.2, 0.25) is 0 Å².